The van der Waals surface area contributed by atoms with E-state index in [1.807, 2.05) is 0 Å². The van der Waals surface area contributed by atoms with Crippen molar-refractivity contribution in [1.29, 1.82) is 0 Å². The second-order valence-electron chi connectivity index (χ2n) is 6.26. The zero-order valence-corrected chi connectivity index (χ0v) is 15.4. The molecule has 1 aromatic heterocycles. The van der Waals surface area contributed by atoms with E-state index in [2.05, 4.69) is 16.9 Å². The highest BCUT2D eigenvalue weighted by molar-refractivity contribution is 8.26. The van der Waals surface area contributed by atoms with Crippen LogP contribution >= 0.6 is 10.6 Å². The molecule has 0 bridgehead atoms. The Hall–Kier alpha value is -2.29. The maximum atomic E-state index is 13.8. The molecule has 0 fully saturated rings. The number of nitrogens with one attached hydrogen (secondary N) is 1. The Labute approximate surface area is 152 Å². The summed E-state index contributed by atoms with van der Waals surface area (Å²) >= 11 is 0. The van der Waals surface area contributed by atoms with E-state index in [4.69, 9.17) is 0 Å². The number of nitrogens with zero attached hydrogens (tertiary/aromatic N) is 1. The van der Waals surface area contributed by atoms with Crippen LogP contribution in [-0.4, -0.2) is 24.7 Å². The number of anilines is 1. The largest absolute Gasteiger partial charge is 0.309 e. The molecule has 0 aliphatic heterocycles. The van der Waals surface area contributed by atoms with Crippen LogP contribution in [0.15, 0.2) is 48.0 Å². The summed E-state index contributed by atoms with van der Waals surface area (Å²) in [5, 5.41) is 2.46. The Morgan fingerprint density at radius 3 is 2.42 bits per heavy atom. The minimum atomic E-state index is -3.67. The molecule has 1 aromatic carbocycles. The molecular weight excluding hydrogens is 362 g/mol. The summed E-state index contributed by atoms with van der Waals surface area (Å²) in [5.41, 5.74) is 0.520. The Kier molecular flexibility index (Phi) is 5.50. The minimum absolute atomic E-state index is 0.0715. The molecule has 1 amide bonds. The summed E-state index contributed by atoms with van der Waals surface area (Å²) < 4.78 is 46.4. The van der Waals surface area contributed by atoms with Crippen LogP contribution in [0.1, 0.15) is 25.0 Å². The SMILES string of the molecule is C=C(F)c1ccc(NC(=O)C(C)(C)S(O)(O)c2ccc(C)c(F)c2)nc1. The topological polar surface area (TPSA) is 82.5 Å². The fourth-order valence-electron chi connectivity index (χ4n) is 2.07. The number of aromatic nitrogens is 1. The van der Waals surface area contributed by atoms with E-state index in [1.54, 1.807) is 6.92 Å². The summed E-state index contributed by atoms with van der Waals surface area (Å²) in [7, 11) is -3.67. The molecular formula is C18H20F2N2O3S. The number of rotatable bonds is 5. The van der Waals surface area contributed by atoms with E-state index >= 15 is 0 Å². The van der Waals surface area contributed by atoms with Crippen molar-refractivity contribution in [1.82, 2.24) is 4.98 Å². The summed E-state index contributed by atoms with van der Waals surface area (Å²) in [6.45, 7) is 7.37. The Morgan fingerprint density at radius 2 is 1.92 bits per heavy atom. The summed E-state index contributed by atoms with van der Waals surface area (Å²) in [4.78, 5) is 16.4. The normalized spacial score (nSPS) is 12.6. The molecule has 1 heterocycles. The monoisotopic (exact) mass is 382 g/mol. The highest BCUT2D eigenvalue weighted by Gasteiger charge is 2.43. The molecule has 5 nitrogen and oxygen atoms in total. The van der Waals surface area contributed by atoms with Gasteiger partial charge >= 0.3 is 0 Å². The Bertz CT molecular complexity index is 852. The molecule has 26 heavy (non-hydrogen) atoms. The standard InChI is InChI=1S/C18H20F2N2O3S/c1-11-5-7-14(9-15(11)20)26(24,25)18(3,4)17(23)22-16-8-6-13(10-21-16)12(2)19/h5-10,24-25H,2H2,1,3-4H3,(H,21,22,23). The summed E-state index contributed by atoms with van der Waals surface area (Å²) in [6.07, 6.45) is 1.19. The van der Waals surface area contributed by atoms with E-state index in [-0.39, 0.29) is 16.3 Å². The lowest BCUT2D eigenvalue weighted by atomic mass is 10.2. The van der Waals surface area contributed by atoms with E-state index in [9.17, 15) is 22.7 Å². The van der Waals surface area contributed by atoms with E-state index in [0.717, 1.165) is 6.07 Å². The second kappa shape index (κ2) is 7.14. The van der Waals surface area contributed by atoms with Gasteiger partial charge in [-0.1, -0.05) is 12.6 Å². The van der Waals surface area contributed by atoms with Crippen molar-refractivity contribution in [2.45, 2.75) is 30.4 Å². The zero-order valence-electron chi connectivity index (χ0n) is 14.6. The lowest BCUT2D eigenvalue weighted by Crippen LogP contribution is -2.42. The van der Waals surface area contributed by atoms with Gasteiger partial charge in [-0.2, -0.15) is 10.6 Å². The molecule has 0 radical (unpaired) electrons. The van der Waals surface area contributed by atoms with Crippen LogP contribution in [0.5, 0.6) is 0 Å². The number of carbonyl (C=O) groups is 1. The van der Waals surface area contributed by atoms with Crippen LogP contribution < -0.4 is 5.32 Å². The van der Waals surface area contributed by atoms with Crippen molar-refractivity contribution in [3.8, 4) is 0 Å². The minimum Gasteiger partial charge on any atom is -0.309 e. The van der Waals surface area contributed by atoms with Crippen molar-refractivity contribution in [2.24, 2.45) is 0 Å². The molecule has 0 saturated heterocycles. The molecule has 0 unspecified atom stereocenters. The lowest BCUT2D eigenvalue weighted by molar-refractivity contribution is -0.118. The van der Waals surface area contributed by atoms with Crippen LogP contribution in [0.25, 0.3) is 5.83 Å². The van der Waals surface area contributed by atoms with Crippen LogP contribution in [0, 0.1) is 12.7 Å². The van der Waals surface area contributed by atoms with Crippen molar-refractivity contribution in [2.75, 3.05) is 5.32 Å². The molecule has 0 aliphatic rings. The number of benzene rings is 1. The third kappa shape index (κ3) is 3.77. The first kappa shape index (κ1) is 20.0. The quantitative estimate of drug-likeness (QED) is 0.680. The third-order valence-electron chi connectivity index (χ3n) is 4.05. The number of halogens is 2. The summed E-state index contributed by atoms with van der Waals surface area (Å²) in [5.74, 6) is -1.87. The summed E-state index contributed by atoms with van der Waals surface area (Å²) in [6, 6.07) is 6.55. The van der Waals surface area contributed by atoms with Gasteiger partial charge in [0.1, 0.15) is 22.2 Å². The number of hydrogen-bond acceptors (Lipinski definition) is 4. The van der Waals surface area contributed by atoms with Crippen LogP contribution in [0.3, 0.4) is 0 Å². The molecule has 0 aliphatic carbocycles. The van der Waals surface area contributed by atoms with E-state index in [0.29, 0.717) is 5.56 Å². The van der Waals surface area contributed by atoms with Gasteiger partial charge in [0.15, 0.2) is 0 Å². The van der Waals surface area contributed by atoms with E-state index in [1.165, 1.54) is 44.3 Å². The number of aryl methyl sites for hydroxylation is 1. The van der Waals surface area contributed by atoms with Gasteiger partial charge < -0.3 is 5.32 Å². The fourth-order valence-corrected chi connectivity index (χ4v) is 3.49. The predicted octanol–water partition coefficient (Wildman–Crippen LogP) is 5.00. The van der Waals surface area contributed by atoms with Crippen molar-refractivity contribution < 1.29 is 22.7 Å². The maximum Gasteiger partial charge on any atom is 0.250 e. The molecule has 8 heteroatoms. The average Bonchev–Trinajstić information content (AvgIpc) is 2.57. The molecule has 0 atom stereocenters. The van der Waals surface area contributed by atoms with Gasteiger partial charge in [0.05, 0.1) is 4.90 Å². The van der Waals surface area contributed by atoms with Gasteiger partial charge in [-0.05, 0) is 50.6 Å². The number of carbonyl (C=O) groups excluding carboxylic acids is 1. The lowest BCUT2D eigenvalue weighted by Gasteiger charge is -2.45. The van der Waals surface area contributed by atoms with Gasteiger partial charge in [-0.15, -0.1) is 0 Å². The third-order valence-corrected chi connectivity index (χ3v) is 6.57. The number of amides is 1. The highest BCUT2D eigenvalue weighted by atomic mass is 32.3. The van der Waals surface area contributed by atoms with Gasteiger partial charge in [-0.3, -0.25) is 13.9 Å². The van der Waals surface area contributed by atoms with Gasteiger partial charge in [0, 0.05) is 11.8 Å². The van der Waals surface area contributed by atoms with Crippen molar-refractivity contribution in [3.05, 3.63) is 60.1 Å². The van der Waals surface area contributed by atoms with Crippen LogP contribution in [-0.2, 0) is 4.79 Å². The molecule has 3 N–H and O–H groups in total. The first-order valence-corrected chi connectivity index (χ1v) is 9.18. The molecule has 2 aromatic rings. The average molecular weight is 382 g/mol. The van der Waals surface area contributed by atoms with Crippen molar-refractivity contribution >= 4 is 28.1 Å². The van der Waals surface area contributed by atoms with Crippen LogP contribution in [0.2, 0.25) is 0 Å². The molecule has 140 valence electrons. The Morgan fingerprint density at radius 1 is 1.27 bits per heavy atom. The second-order valence-corrected chi connectivity index (χ2v) is 8.85. The first-order valence-electron chi connectivity index (χ1n) is 7.63. The number of hydrogen-bond donors (Lipinski definition) is 3. The first-order chi connectivity index (χ1) is 12.0. The molecule has 0 spiro atoms. The van der Waals surface area contributed by atoms with Gasteiger partial charge in [0.25, 0.3) is 5.91 Å². The highest BCUT2D eigenvalue weighted by Crippen LogP contribution is 2.59. The predicted molar refractivity (Wildman–Crippen MR) is 99.3 cm³/mol. The maximum absolute atomic E-state index is 13.8. The Balaban J connectivity index is 2.27. The fraction of sp³-hybridized carbons (Fsp3) is 0.222. The molecule has 0 saturated carbocycles. The van der Waals surface area contributed by atoms with Gasteiger partial charge in [0.2, 0.25) is 0 Å². The zero-order chi connectivity index (χ0) is 19.7. The molecule has 2 rings (SSSR count). The van der Waals surface area contributed by atoms with E-state index < -0.39 is 32.9 Å². The smallest absolute Gasteiger partial charge is 0.250 e. The number of pyridine rings is 1. The van der Waals surface area contributed by atoms with Crippen LogP contribution in [0.4, 0.5) is 14.6 Å². The van der Waals surface area contributed by atoms with Gasteiger partial charge in [-0.25, -0.2) is 13.8 Å². The van der Waals surface area contributed by atoms with Crippen molar-refractivity contribution in [3.63, 3.8) is 0 Å².